The first-order valence-corrected chi connectivity index (χ1v) is 11.8. The van der Waals surface area contributed by atoms with Crippen LogP contribution in [0.3, 0.4) is 0 Å². The Morgan fingerprint density at radius 3 is 1.86 bits per heavy atom. The van der Waals surface area contributed by atoms with E-state index < -0.39 is 79.1 Å². The lowest BCUT2D eigenvalue weighted by Crippen LogP contribution is -2.57. The Morgan fingerprint density at radius 2 is 1.38 bits per heavy atom. The summed E-state index contributed by atoms with van der Waals surface area (Å²) in [6, 6.07) is -4.65. The zero-order valence-corrected chi connectivity index (χ0v) is 20.3. The van der Waals surface area contributed by atoms with E-state index in [1.54, 1.807) is 0 Å². The van der Waals surface area contributed by atoms with Crippen LogP contribution in [0.5, 0.6) is 0 Å². The van der Waals surface area contributed by atoms with E-state index in [2.05, 4.69) is 26.3 Å². The number of carbonyl (C=O) groups excluding carboxylic acids is 3. The fraction of sp³-hybridized carbons (Fsp3) is 0.667. The van der Waals surface area contributed by atoms with Gasteiger partial charge in [-0.1, -0.05) is 0 Å². The third-order valence-corrected chi connectivity index (χ3v) is 5.50. The average molecular weight is 530 g/mol. The van der Waals surface area contributed by atoms with Gasteiger partial charge >= 0.3 is 17.9 Å². The number of rotatable bonds is 17. The van der Waals surface area contributed by atoms with E-state index in [9.17, 15) is 33.9 Å². The van der Waals surface area contributed by atoms with Crippen molar-refractivity contribution in [2.45, 2.75) is 75.5 Å². The number of nitrogens with two attached hydrogens (primary N) is 2. The Kier molecular flexibility index (Phi) is 13.4. The molecule has 0 radical (unpaired) electrons. The fourth-order valence-corrected chi connectivity index (χ4v) is 3.56. The first-order valence-electron chi connectivity index (χ1n) is 11.8. The minimum Gasteiger partial charge on any atom is -0.481 e. The Morgan fingerprint density at radius 1 is 0.838 bits per heavy atom. The van der Waals surface area contributed by atoms with Gasteiger partial charge in [0.15, 0.2) is 5.96 Å². The van der Waals surface area contributed by atoms with Crippen molar-refractivity contribution in [1.29, 1.82) is 0 Å². The molecule has 1 aliphatic rings. The van der Waals surface area contributed by atoms with Crippen LogP contribution in [0.1, 0.15) is 51.4 Å². The predicted octanol–water partition coefficient (Wildman–Crippen LogP) is -2.94. The Labute approximate surface area is 212 Å². The number of carboxylic acids is 3. The molecule has 0 saturated carbocycles. The lowest BCUT2D eigenvalue weighted by atomic mass is 10.1. The molecule has 1 aliphatic heterocycles. The van der Waals surface area contributed by atoms with Crippen LogP contribution < -0.4 is 32.7 Å². The van der Waals surface area contributed by atoms with E-state index in [-0.39, 0.29) is 31.8 Å². The van der Waals surface area contributed by atoms with Crippen molar-refractivity contribution in [2.24, 2.45) is 16.5 Å². The Balaban J connectivity index is 3.00. The summed E-state index contributed by atoms with van der Waals surface area (Å²) < 4.78 is 0. The molecular formula is C21H35N7O9. The monoisotopic (exact) mass is 529 g/mol. The number of carboxylic acid groups (broad SMARTS) is 3. The van der Waals surface area contributed by atoms with Crippen molar-refractivity contribution in [3.63, 3.8) is 0 Å². The molecule has 1 heterocycles. The number of guanidine groups is 1. The van der Waals surface area contributed by atoms with Gasteiger partial charge in [-0.15, -0.1) is 0 Å². The second kappa shape index (κ2) is 15.9. The molecular weight excluding hydrogens is 494 g/mol. The van der Waals surface area contributed by atoms with E-state index in [0.717, 1.165) is 6.42 Å². The lowest BCUT2D eigenvalue weighted by Gasteiger charge is -2.25. The molecule has 0 aromatic carbocycles. The molecule has 3 amide bonds. The fourth-order valence-electron chi connectivity index (χ4n) is 3.56. The molecule has 1 rings (SSSR count). The molecule has 16 heteroatoms. The first-order chi connectivity index (χ1) is 17.4. The second-order valence-corrected chi connectivity index (χ2v) is 8.48. The molecule has 16 nitrogen and oxygen atoms in total. The van der Waals surface area contributed by atoms with Crippen molar-refractivity contribution in [3.8, 4) is 0 Å². The van der Waals surface area contributed by atoms with E-state index >= 15 is 0 Å². The SMILES string of the molecule is NC(N)=NCCCC(NC(=O)C(CCC(=O)O)NC(=O)C1CCCN1)C(=O)NC(CCC(=O)O)C(=O)O. The Bertz CT molecular complexity index is 870. The van der Waals surface area contributed by atoms with Gasteiger partial charge in [-0.25, -0.2) is 4.79 Å². The maximum atomic E-state index is 13.0. The van der Waals surface area contributed by atoms with Gasteiger partial charge in [0, 0.05) is 19.4 Å². The van der Waals surface area contributed by atoms with Crippen LogP contribution in [0, 0.1) is 0 Å². The lowest BCUT2D eigenvalue weighted by molar-refractivity contribution is -0.143. The van der Waals surface area contributed by atoms with E-state index in [1.807, 2.05) is 0 Å². The summed E-state index contributed by atoms with van der Waals surface area (Å²) in [7, 11) is 0. The molecule has 0 aromatic heterocycles. The number of nitrogens with zero attached hydrogens (tertiary/aromatic N) is 1. The summed E-state index contributed by atoms with van der Waals surface area (Å²) in [4.78, 5) is 75.5. The summed E-state index contributed by atoms with van der Waals surface area (Å²) in [5, 5.41) is 37.3. The van der Waals surface area contributed by atoms with Crippen LogP contribution in [0.2, 0.25) is 0 Å². The molecule has 0 aliphatic carbocycles. The summed E-state index contributed by atoms with van der Waals surface area (Å²) in [5.41, 5.74) is 10.5. The van der Waals surface area contributed by atoms with Crippen molar-refractivity contribution >= 4 is 41.6 Å². The third-order valence-electron chi connectivity index (χ3n) is 5.50. The van der Waals surface area contributed by atoms with Crippen LogP contribution in [-0.2, 0) is 28.8 Å². The van der Waals surface area contributed by atoms with Crippen LogP contribution in [0.25, 0.3) is 0 Å². The molecule has 0 bridgehead atoms. The second-order valence-electron chi connectivity index (χ2n) is 8.48. The van der Waals surface area contributed by atoms with Gasteiger partial charge in [0.2, 0.25) is 17.7 Å². The average Bonchev–Trinajstić information content (AvgIpc) is 3.35. The van der Waals surface area contributed by atoms with E-state index in [4.69, 9.17) is 21.7 Å². The number of aliphatic carboxylic acids is 3. The summed E-state index contributed by atoms with van der Waals surface area (Å²) in [6.45, 7) is 0.713. The zero-order valence-electron chi connectivity index (χ0n) is 20.3. The van der Waals surface area contributed by atoms with Crippen LogP contribution in [-0.4, -0.2) is 94.2 Å². The summed E-state index contributed by atoms with van der Waals surface area (Å²) in [6.07, 6.45) is -0.137. The molecule has 4 unspecified atom stereocenters. The maximum absolute atomic E-state index is 13.0. The number of nitrogens with one attached hydrogen (secondary N) is 4. The smallest absolute Gasteiger partial charge is 0.326 e. The number of hydrogen-bond acceptors (Lipinski definition) is 8. The number of carbonyl (C=O) groups is 6. The predicted molar refractivity (Wildman–Crippen MR) is 128 cm³/mol. The number of aliphatic imine (C=N–C) groups is 1. The highest BCUT2D eigenvalue weighted by Crippen LogP contribution is 2.08. The van der Waals surface area contributed by atoms with Crippen LogP contribution in [0.4, 0.5) is 0 Å². The van der Waals surface area contributed by atoms with Gasteiger partial charge in [-0.05, 0) is 45.1 Å². The standard InChI is InChI=1S/C21H35N7O9/c22-21(23)25-10-2-4-12(18(34)28-14(20(36)37)6-8-16(31)32)26-19(35)13(5-7-15(29)30)27-17(33)11-3-1-9-24-11/h11-14,24H,1-10H2,(H,26,35)(H,27,33)(H,28,34)(H,29,30)(H,31,32)(H,36,37)(H4,22,23,25). The third kappa shape index (κ3) is 12.5. The van der Waals surface area contributed by atoms with Crippen molar-refractivity contribution in [3.05, 3.63) is 0 Å². The zero-order chi connectivity index (χ0) is 28.0. The molecule has 4 atom stereocenters. The minimum atomic E-state index is -1.53. The van der Waals surface area contributed by atoms with Gasteiger partial charge < -0.3 is 48.1 Å². The first kappa shape index (κ1) is 31.1. The molecule has 0 spiro atoms. The quantitative estimate of drug-likeness (QED) is 0.0520. The van der Waals surface area contributed by atoms with Crippen molar-refractivity contribution in [1.82, 2.24) is 21.3 Å². The molecule has 208 valence electrons. The molecule has 37 heavy (non-hydrogen) atoms. The number of hydrogen-bond donors (Lipinski definition) is 9. The van der Waals surface area contributed by atoms with E-state index in [0.29, 0.717) is 13.0 Å². The number of amides is 3. The molecule has 1 fully saturated rings. The van der Waals surface area contributed by atoms with Crippen molar-refractivity contribution in [2.75, 3.05) is 13.1 Å². The highest BCUT2D eigenvalue weighted by atomic mass is 16.4. The van der Waals surface area contributed by atoms with Gasteiger partial charge in [-0.2, -0.15) is 0 Å². The minimum absolute atomic E-state index is 0.0383. The largest absolute Gasteiger partial charge is 0.481 e. The summed E-state index contributed by atoms with van der Waals surface area (Å²) in [5.74, 6) is -6.34. The highest BCUT2D eigenvalue weighted by molar-refractivity contribution is 5.94. The van der Waals surface area contributed by atoms with Gasteiger partial charge in [-0.3, -0.25) is 29.0 Å². The van der Waals surface area contributed by atoms with Gasteiger partial charge in [0.05, 0.1) is 6.04 Å². The van der Waals surface area contributed by atoms with Crippen LogP contribution in [0.15, 0.2) is 4.99 Å². The van der Waals surface area contributed by atoms with E-state index in [1.165, 1.54) is 0 Å². The van der Waals surface area contributed by atoms with Gasteiger partial charge in [0.1, 0.15) is 18.1 Å². The molecule has 0 aromatic rings. The maximum Gasteiger partial charge on any atom is 0.326 e. The Hall–Kier alpha value is -3.95. The molecule has 1 saturated heterocycles. The topological polar surface area (TPSA) is 276 Å². The highest BCUT2D eigenvalue weighted by Gasteiger charge is 2.31. The van der Waals surface area contributed by atoms with Crippen LogP contribution >= 0.6 is 0 Å². The van der Waals surface area contributed by atoms with Crippen molar-refractivity contribution < 1.29 is 44.1 Å². The molecule has 11 N–H and O–H groups in total. The summed E-state index contributed by atoms with van der Waals surface area (Å²) >= 11 is 0. The van der Waals surface area contributed by atoms with Gasteiger partial charge in [0.25, 0.3) is 0 Å². The normalized spacial score (nSPS) is 17.0.